The van der Waals surface area contributed by atoms with Gasteiger partial charge in [-0.3, -0.25) is 10.1 Å². The third-order valence-electron chi connectivity index (χ3n) is 2.53. The predicted molar refractivity (Wildman–Crippen MR) is 72.6 cm³/mol. The van der Waals surface area contributed by atoms with E-state index in [2.05, 4.69) is 13.2 Å². The fraction of sp³-hybridized carbons (Fsp3) is 0.154. The van der Waals surface area contributed by atoms with Crippen LogP contribution in [0.2, 0.25) is 0 Å². The van der Waals surface area contributed by atoms with Gasteiger partial charge in [0.25, 0.3) is 5.69 Å². The Kier molecular flexibility index (Phi) is 4.96. The van der Waals surface area contributed by atoms with Crippen LogP contribution in [0, 0.1) is 15.9 Å². The van der Waals surface area contributed by atoms with Crippen molar-refractivity contribution < 1.29 is 19.2 Å². The minimum Gasteiger partial charge on any atom is -0.478 e. The fourth-order valence-corrected chi connectivity index (χ4v) is 1.70. The highest BCUT2D eigenvalue weighted by atomic mass is 19.1. The molecule has 0 aliphatic rings. The van der Waals surface area contributed by atoms with E-state index < -0.39 is 28.0 Å². The molecule has 1 aromatic rings. The zero-order chi connectivity index (χ0) is 15.3. The summed E-state index contributed by atoms with van der Waals surface area (Å²) in [5.41, 5.74) is -1.23. The van der Waals surface area contributed by atoms with Gasteiger partial charge in [0.05, 0.1) is 4.92 Å². The number of carboxylic acids is 1. The average molecular weight is 280 g/mol. The lowest BCUT2D eigenvalue weighted by Crippen LogP contribution is -2.24. The van der Waals surface area contributed by atoms with E-state index in [9.17, 15) is 19.3 Å². The molecule has 0 bridgehead atoms. The van der Waals surface area contributed by atoms with Crippen molar-refractivity contribution in [3.63, 3.8) is 0 Å². The smallest absolute Gasteiger partial charge is 0.338 e. The molecule has 0 atom stereocenters. The van der Waals surface area contributed by atoms with Gasteiger partial charge in [-0.15, -0.1) is 13.2 Å². The molecule has 0 saturated carbocycles. The monoisotopic (exact) mass is 280 g/mol. The average Bonchev–Trinajstić information content (AvgIpc) is 2.37. The Morgan fingerprint density at radius 3 is 2.35 bits per heavy atom. The minimum atomic E-state index is -1.56. The molecular formula is C13H13FN2O4. The molecule has 0 aromatic heterocycles. The van der Waals surface area contributed by atoms with Gasteiger partial charge >= 0.3 is 5.97 Å². The topological polar surface area (TPSA) is 83.7 Å². The zero-order valence-electron chi connectivity index (χ0n) is 10.6. The molecule has 1 aromatic carbocycles. The molecule has 1 rings (SSSR count). The van der Waals surface area contributed by atoms with E-state index in [1.165, 1.54) is 17.1 Å². The number of hydrogen-bond donors (Lipinski definition) is 1. The van der Waals surface area contributed by atoms with Gasteiger partial charge in [-0.05, 0) is 0 Å². The van der Waals surface area contributed by atoms with Crippen LogP contribution in [-0.2, 0) is 0 Å². The lowest BCUT2D eigenvalue weighted by molar-refractivity contribution is -0.384. The summed E-state index contributed by atoms with van der Waals surface area (Å²) in [7, 11) is 0. The number of carbonyl (C=O) groups is 1. The summed E-state index contributed by atoms with van der Waals surface area (Å²) in [6, 6.07) is 1.56. The number of nitrogens with zero attached hydrogens (tertiary/aromatic N) is 2. The Morgan fingerprint density at radius 1 is 1.40 bits per heavy atom. The zero-order valence-corrected chi connectivity index (χ0v) is 10.6. The first-order chi connectivity index (χ1) is 9.42. The SMILES string of the molecule is C=CCN(CC=C)c1cc(F)c(C(=O)O)cc1[N+](=O)[O-]. The maximum atomic E-state index is 13.7. The number of carboxylic acid groups (broad SMARTS) is 1. The maximum absolute atomic E-state index is 13.7. The van der Waals surface area contributed by atoms with Gasteiger partial charge in [-0.25, -0.2) is 9.18 Å². The number of halogens is 1. The first-order valence-corrected chi connectivity index (χ1v) is 5.60. The van der Waals surface area contributed by atoms with Gasteiger partial charge in [0.15, 0.2) is 0 Å². The van der Waals surface area contributed by atoms with Crippen molar-refractivity contribution in [1.82, 2.24) is 0 Å². The van der Waals surface area contributed by atoms with Gasteiger partial charge in [0.2, 0.25) is 0 Å². The van der Waals surface area contributed by atoms with Crippen molar-refractivity contribution in [2.75, 3.05) is 18.0 Å². The Hall–Kier alpha value is -2.70. The van der Waals surface area contributed by atoms with Gasteiger partial charge in [0, 0.05) is 25.2 Å². The second kappa shape index (κ2) is 6.46. The van der Waals surface area contributed by atoms with Gasteiger partial charge in [-0.1, -0.05) is 12.2 Å². The molecule has 0 amide bonds. The number of benzene rings is 1. The summed E-state index contributed by atoms with van der Waals surface area (Å²) in [6.45, 7) is 7.50. The molecule has 0 aliphatic heterocycles. The Labute approximate surface area is 114 Å². The Balaban J connectivity index is 3.46. The molecule has 0 fully saturated rings. The fourth-order valence-electron chi connectivity index (χ4n) is 1.70. The predicted octanol–water partition coefficient (Wildman–Crippen LogP) is 2.61. The second-order valence-electron chi connectivity index (χ2n) is 3.87. The summed E-state index contributed by atoms with van der Waals surface area (Å²) in [5.74, 6) is -2.59. The van der Waals surface area contributed by atoms with E-state index in [0.29, 0.717) is 6.07 Å². The van der Waals surface area contributed by atoms with Crippen molar-refractivity contribution in [2.45, 2.75) is 0 Å². The van der Waals surface area contributed by atoms with Crippen LogP contribution >= 0.6 is 0 Å². The molecule has 0 saturated heterocycles. The van der Waals surface area contributed by atoms with Crippen LogP contribution in [0.4, 0.5) is 15.8 Å². The van der Waals surface area contributed by atoms with Crippen LogP contribution in [0.5, 0.6) is 0 Å². The maximum Gasteiger partial charge on any atom is 0.338 e. The van der Waals surface area contributed by atoms with Crippen molar-refractivity contribution >= 4 is 17.3 Å². The third kappa shape index (κ3) is 3.19. The van der Waals surface area contributed by atoms with Crippen molar-refractivity contribution in [1.29, 1.82) is 0 Å². The van der Waals surface area contributed by atoms with Crippen molar-refractivity contribution in [2.24, 2.45) is 0 Å². The van der Waals surface area contributed by atoms with E-state index in [0.717, 1.165) is 6.07 Å². The molecule has 106 valence electrons. The molecule has 20 heavy (non-hydrogen) atoms. The summed E-state index contributed by atoms with van der Waals surface area (Å²) >= 11 is 0. The molecule has 0 aliphatic carbocycles. The van der Waals surface area contributed by atoms with Crippen molar-refractivity contribution in [3.8, 4) is 0 Å². The molecule has 0 spiro atoms. The molecule has 6 nitrogen and oxygen atoms in total. The number of nitro groups is 1. The molecule has 0 unspecified atom stereocenters. The normalized spacial score (nSPS) is 9.85. The summed E-state index contributed by atoms with van der Waals surface area (Å²) < 4.78 is 13.7. The number of rotatable bonds is 7. The van der Waals surface area contributed by atoms with Crippen LogP contribution in [0.25, 0.3) is 0 Å². The van der Waals surface area contributed by atoms with Crippen molar-refractivity contribution in [3.05, 3.63) is 58.9 Å². The molecule has 1 N–H and O–H groups in total. The first-order valence-electron chi connectivity index (χ1n) is 5.60. The van der Waals surface area contributed by atoms with Gasteiger partial charge in [0.1, 0.15) is 17.1 Å². The minimum absolute atomic E-state index is 0.0164. The molecule has 7 heteroatoms. The Morgan fingerprint density at radius 2 is 1.95 bits per heavy atom. The highest BCUT2D eigenvalue weighted by Crippen LogP contribution is 2.31. The number of aromatic carboxylic acids is 1. The van der Waals surface area contributed by atoms with E-state index in [4.69, 9.17) is 5.11 Å². The van der Waals surface area contributed by atoms with Crippen LogP contribution in [0.3, 0.4) is 0 Å². The van der Waals surface area contributed by atoms with E-state index in [-0.39, 0.29) is 18.8 Å². The molecule has 0 radical (unpaired) electrons. The quantitative estimate of drug-likeness (QED) is 0.471. The lowest BCUT2D eigenvalue weighted by Gasteiger charge is -2.21. The molecular weight excluding hydrogens is 267 g/mol. The standard InChI is InChI=1S/C13H13FN2O4/c1-3-5-15(6-4-2)11-8-10(14)9(13(17)18)7-12(11)16(19)20/h3-4,7-8H,1-2,5-6H2,(H,17,18). The largest absolute Gasteiger partial charge is 0.478 e. The van der Waals surface area contributed by atoms with Crippen LogP contribution < -0.4 is 4.90 Å². The van der Waals surface area contributed by atoms with E-state index in [1.54, 1.807) is 0 Å². The van der Waals surface area contributed by atoms with Gasteiger partial charge < -0.3 is 10.0 Å². The third-order valence-corrected chi connectivity index (χ3v) is 2.53. The highest BCUT2D eigenvalue weighted by Gasteiger charge is 2.24. The second-order valence-corrected chi connectivity index (χ2v) is 3.87. The van der Waals surface area contributed by atoms with Crippen LogP contribution in [-0.4, -0.2) is 29.1 Å². The highest BCUT2D eigenvalue weighted by molar-refractivity contribution is 5.90. The molecule has 0 heterocycles. The van der Waals surface area contributed by atoms with E-state index >= 15 is 0 Å². The number of hydrogen-bond acceptors (Lipinski definition) is 4. The van der Waals surface area contributed by atoms with Gasteiger partial charge in [-0.2, -0.15) is 0 Å². The van der Waals surface area contributed by atoms with Crippen LogP contribution in [0.1, 0.15) is 10.4 Å². The van der Waals surface area contributed by atoms with Crippen LogP contribution in [0.15, 0.2) is 37.4 Å². The number of nitro benzene ring substituents is 1. The van der Waals surface area contributed by atoms with E-state index in [1.807, 2.05) is 0 Å². The lowest BCUT2D eigenvalue weighted by atomic mass is 10.1. The summed E-state index contributed by atoms with van der Waals surface area (Å²) in [6.07, 6.45) is 2.99. The Bertz CT molecular complexity index is 562. The summed E-state index contributed by atoms with van der Waals surface area (Å²) in [4.78, 5) is 22.6. The first kappa shape index (κ1) is 15.4. The number of anilines is 1. The summed E-state index contributed by atoms with van der Waals surface area (Å²) in [5, 5.41) is 19.8.